The van der Waals surface area contributed by atoms with Gasteiger partial charge in [0.15, 0.2) is 11.3 Å². The van der Waals surface area contributed by atoms with E-state index in [0.717, 1.165) is 5.56 Å². The Morgan fingerprint density at radius 2 is 2.15 bits per heavy atom. The highest BCUT2D eigenvalue weighted by atomic mass is 16.3. The van der Waals surface area contributed by atoms with Crippen LogP contribution in [0.2, 0.25) is 0 Å². The van der Waals surface area contributed by atoms with Crippen LogP contribution in [0.1, 0.15) is 5.56 Å². The molecule has 0 saturated carbocycles. The van der Waals surface area contributed by atoms with Crippen LogP contribution in [0, 0.1) is 6.92 Å². The molecule has 2 rings (SSSR count). The maximum Gasteiger partial charge on any atom is 0.194 e. The third kappa shape index (κ3) is 1.18. The molecule has 0 aliphatic heterocycles. The average Bonchev–Trinajstić information content (AvgIpc) is 2.07. The highest BCUT2D eigenvalue weighted by molar-refractivity contribution is 5.80. The van der Waals surface area contributed by atoms with Crippen molar-refractivity contribution in [1.29, 1.82) is 0 Å². The van der Waals surface area contributed by atoms with Crippen molar-refractivity contribution >= 4 is 16.9 Å². The number of nitrogens with two attached hydrogens (primary N) is 1. The minimum Gasteiger partial charge on any atom is -0.440 e. The summed E-state index contributed by atoms with van der Waals surface area (Å²) in [7, 11) is 0. The molecule has 1 heterocycles. The number of aryl methyl sites for hydroxylation is 1. The minimum absolute atomic E-state index is 0.0950. The van der Waals surface area contributed by atoms with Gasteiger partial charge in [-0.1, -0.05) is 12.1 Å². The van der Waals surface area contributed by atoms with Gasteiger partial charge in [0, 0.05) is 6.07 Å². The summed E-state index contributed by atoms with van der Waals surface area (Å²) < 4.78 is 5.25. The molecule has 2 N–H and O–H groups in total. The SMILES string of the molecule is Cc1cccc2c(=O)cc(N)oc12. The molecule has 0 spiro atoms. The van der Waals surface area contributed by atoms with Crippen molar-refractivity contribution in [1.82, 2.24) is 0 Å². The van der Waals surface area contributed by atoms with E-state index in [4.69, 9.17) is 10.2 Å². The molecule has 0 aliphatic rings. The number of benzene rings is 1. The highest BCUT2D eigenvalue weighted by Crippen LogP contribution is 2.16. The lowest BCUT2D eigenvalue weighted by Gasteiger charge is -2.00. The van der Waals surface area contributed by atoms with E-state index in [0.29, 0.717) is 11.0 Å². The summed E-state index contributed by atoms with van der Waals surface area (Å²) in [4.78, 5) is 11.4. The Morgan fingerprint density at radius 3 is 2.92 bits per heavy atom. The first-order chi connectivity index (χ1) is 6.18. The third-order valence-electron chi connectivity index (χ3n) is 1.97. The van der Waals surface area contributed by atoms with Crippen molar-refractivity contribution in [3.05, 3.63) is 40.1 Å². The Labute approximate surface area is 74.8 Å². The lowest BCUT2D eigenvalue weighted by Crippen LogP contribution is -2.02. The maximum atomic E-state index is 11.4. The number of para-hydroxylation sites is 1. The molecular weight excluding hydrogens is 166 g/mol. The van der Waals surface area contributed by atoms with E-state index in [1.54, 1.807) is 6.07 Å². The second-order valence-electron chi connectivity index (χ2n) is 2.96. The first-order valence-corrected chi connectivity index (χ1v) is 3.97. The fraction of sp³-hybridized carbons (Fsp3) is 0.100. The summed E-state index contributed by atoms with van der Waals surface area (Å²) in [6.07, 6.45) is 0. The molecule has 0 aliphatic carbocycles. The molecule has 0 atom stereocenters. The molecule has 1 aromatic carbocycles. The highest BCUT2D eigenvalue weighted by Gasteiger charge is 2.03. The number of rotatable bonds is 0. The Balaban J connectivity index is 3.03. The van der Waals surface area contributed by atoms with Crippen LogP contribution >= 0.6 is 0 Å². The van der Waals surface area contributed by atoms with Gasteiger partial charge in [0.1, 0.15) is 5.58 Å². The van der Waals surface area contributed by atoms with Gasteiger partial charge >= 0.3 is 0 Å². The van der Waals surface area contributed by atoms with E-state index in [1.165, 1.54) is 6.07 Å². The molecule has 3 heteroatoms. The zero-order valence-corrected chi connectivity index (χ0v) is 7.20. The largest absolute Gasteiger partial charge is 0.440 e. The lowest BCUT2D eigenvalue weighted by molar-refractivity contribution is 0.622. The monoisotopic (exact) mass is 175 g/mol. The van der Waals surface area contributed by atoms with E-state index < -0.39 is 0 Å². The second kappa shape index (κ2) is 2.62. The molecule has 0 bridgehead atoms. The van der Waals surface area contributed by atoms with Crippen molar-refractivity contribution in [3.63, 3.8) is 0 Å². The summed E-state index contributed by atoms with van der Waals surface area (Å²) in [5.41, 5.74) is 6.83. The van der Waals surface area contributed by atoms with Crippen molar-refractivity contribution in [3.8, 4) is 0 Å². The summed E-state index contributed by atoms with van der Waals surface area (Å²) in [6.45, 7) is 1.88. The average molecular weight is 175 g/mol. The molecular formula is C10H9NO2. The van der Waals surface area contributed by atoms with Crippen molar-refractivity contribution < 1.29 is 4.42 Å². The fourth-order valence-electron chi connectivity index (χ4n) is 1.34. The van der Waals surface area contributed by atoms with Crippen LogP contribution < -0.4 is 11.2 Å². The zero-order chi connectivity index (χ0) is 9.42. The van der Waals surface area contributed by atoms with Gasteiger partial charge in [-0.3, -0.25) is 4.79 Å². The van der Waals surface area contributed by atoms with Crippen molar-refractivity contribution in [2.75, 3.05) is 5.73 Å². The normalized spacial score (nSPS) is 10.5. The van der Waals surface area contributed by atoms with Crippen LogP contribution in [0.3, 0.4) is 0 Å². The predicted octanol–water partition coefficient (Wildman–Crippen LogP) is 1.68. The van der Waals surface area contributed by atoms with Crippen molar-refractivity contribution in [2.24, 2.45) is 0 Å². The topological polar surface area (TPSA) is 56.2 Å². The molecule has 0 fully saturated rings. The van der Waals surface area contributed by atoms with Gasteiger partial charge in [0.05, 0.1) is 5.39 Å². The van der Waals surface area contributed by atoms with E-state index in [-0.39, 0.29) is 11.3 Å². The smallest absolute Gasteiger partial charge is 0.194 e. The van der Waals surface area contributed by atoms with E-state index in [1.807, 2.05) is 19.1 Å². The van der Waals surface area contributed by atoms with Gasteiger partial charge in [-0.2, -0.15) is 0 Å². The zero-order valence-electron chi connectivity index (χ0n) is 7.20. The first-order valence-electron chi connectivity index (χ1n) is 3.97. The molecule has 2 aromatic rings. The van der Waals surface area contributed by atoms with Crippen LogP contribution in [0.15, 0.2) is 33.5 Å². The Bertz CT molecular complexity index is 514. The summed E-state index contributed by atoms with van der Waals surface area (Å²) >= 11 is 0. The van der Waals surface area contributed by atoms with Gasteiger partial charge in [0.2, 0.25) is 0 Å². The van der Waals surface area contributed by atoms with Gasteiger partial charge < -0.3 is 10.2 Å². The molecule has 1 aromatic heterocycles. The predicted molar refractivity (Wildman–Crippen MR) is 51.6 cm³/mol. The number of fused-ring (bicyclic) bond motifs is 1. The van der Waals surface area contributed by atoms with Crippen LogP contribution in [0.25, 0.3) is 11.0 Å². The van der Waals surface area contributed by atoms with Gasteiger partial charge in [0.25, 0.3) is 0 Å². The number of hydrogen-bond donors (Lipinski definition) is 1. The Morgan fingerprint density at radius 1 is 1.38 bits per heavy atom. The number of anilines is 1. The molecule has 66 valence electrons. The van der Waals surface area contributed by atoms with Crippen LogP contribution in [-0.4, -0.2) is 0 Å². The standard InChI is InChI=1S/C10H9NO2/c1-6-3-2-4-7-8(12)5-9(11)13-10(6)7/h2-5H,11H2,1H3. The molecule has 0 unspecified atom stereocenters. The molecule has 0 radical (unpaired) electrons. The van der Waals surface area contributed by atoms with Gasteiger partial charge in [-0.25, -0.2) is 0 Å². The Hall–Kier alpha value is -1.77. The maximum absolute atomic E-state index is 11.4. The van der Waals surface area contributed by atoms with E-state index in [9.17, 15) is 4.79 Å². The molecule has 3 nitrogen and oxygen atoms in total. The minimum atomic E-state index is -0.0950. The van der Waals surface area contributed by atoms with E-state index in [2.05, 4.69) is 0 Å². The van der Waals surface area contributed by atoms with E-state index >= 15 is 0 Å². The number of hydrogen-bond acceptors (Lipinski definition) is 3. The number of nitrogen functional groups attached to an aromatic ring is 1. The summed E-state index contributed by atoms with van der Waals surface area (Å²) in [6, 6.07) is 6.73. The summed E-state index contributed by atoms with van der Waals surface area (Å²) in [5.74, 6) is 0.159. The third-order valence-corrected chi connectivity index (χ3v) is 1.97. The van der Waals surface area contributed by atoms with Gasteiger partial charge in [-0.05, 0) is 18.6 Å². The molecule has 0 saturated heterocycles. The van der Waals surface area contributed by atoms with Gasteiger partial charge in [-0.15, -0.1) is 0 Å². The summed E-state index contributed by atoms with van der Waals surface area (Å²) in [5, 5.41) is 0.578. The molecule has 13 heavy (non-hydrogen) atoms. The Kier molecular flexibility index (Phi) is 1.59. The van der Waals surface area contributed by atoms with Crippen LogP contribution in [0.5, 0.6) is 0 Å². The lowest BCUT2D eigenvalue weighted by atomic mass is 10.1. The second-order valence-corrected chi connectivity index (χ2v) is 2.96. The first kappa shape index (κ1) is 7.86. The quantitative estimate of drug-likeness (QED) is 0.662. The fourth-order valence-corrected chi connectivity index (χ4v) is 1.34. The molecule has 0 amide bonds. The van der Waals surface area contributed by atoms with Crippen molar-refractivity contribution in [2.45, 2.75) is 6.92 Å². The van der Waals surface area contributed by atoms with Crippen LogP contribution in [-0.2, 0) is 0 Å². The van der Waals surface area contributed by atoms with Crippen LogP contribution in [0.4, 0.5) is 5.88 Å².